The van der Waals surface area contributed by atoms with E-state index in [9.17, 15) is 9.59 Å². The van der Waals surface area contributed by atoms with E-state index in [2.05, 4.69) is 15.8 Å². The summed E-state index contributed by atoms with van der Waals surface area (Å²) >= 11 is 0. The van der Waals surface area contributed by atoms with Crippen molar-refractivity contribution in [1.82, 2.24) is 5.43 Å². The van der Waals surface area contributed by atoms with Crippen molar-refractivity contribution in [2.75, 3.05) is 19.5 Å². The molecule has 2 aromatic rings. The van der Waals surface area contributed by atoms with Crippen LogP contribution in [0.4, 0.5) is 5.69 Å². The van der Waals surface area contributed by atoms with E-state index in [0.29, 0.717) is 17.2 Å². The molecule has 7 nitrogen and oxygen atoms in total. The number of rotatable bonds is 8. The highest BCUT2D eigenvalue weighted by Crippen LogP contribution is 2.15. The van der Waals surface area contributed by atoms with E-state index >= 15 is 0 Å². The zero-order valence-electron chi connectivity index (χ0n) is 14.7. The van der Waals surface area contributed by atoms with Gasteiger partial charge in [0.15, 0.2) is 0 Å². The normalized spacial score (nSPS) is 10.4. The number of nitrogens with zero attached hydrogens (tertiary/aromatic N) is 1. The summed E-state index contributed by atoms with van der Waals surface area (Å²) in [5.41, 5.74) is 3.84. The van der Waals surface area contributed by atoms with Crippen molar-refractivity contribution in [1.29, 1.82) is 0 Å². The van der Waals surface area contributed by atoms with E-state index in [1.54, 1.807) is 44.6 Å². The molecule has 136 valence electrons. The van der Waals surface area contributed by atoms with Crippen LogP contribution in [-0.2, 0) is 9.59 Å². The number of nitrogens with one attached hydrogen (secondary N) is 2. The van der Waals surface area contributed by atoms with Crippen LogP contribution in [0.3, 0.4) is 0 Å². The Morgan fingerprint density at radius 3 is 2.35 bits per heavy atom. The third-order valence-electron chi connectivity index (χ3n) is 3.45. The van der Waals surface area contributed by atoms with Gasteiger partial charge in [-0.1, -0.05) is 12.1 Å². The van der Waals surface area contributed by atoms with Gasteiger partial charge in [0.2, 0.25) is 11.8 Å². The molecule has 0 saturated heterocycles. The number of carbonyl (C=O) groups is 2. The Hall–Kier alpha value is -3.35. The molecule has 0 aliphatic heterocycles. The maximum absolute atomic E-state index is 11.9. The number of hydrogen-bond acceptors (Lipinski definition) is 5. The summed E-state index contributed by atoms with van der Waals surface area (Å²) in [4.78, 5) is 23.6. The first-order valence-electron chi connectivity index (χ1n) is 8.00. The fourth-order valence-corrected chi connectivity index (χ4v) is 2.08. The topological polar surface area (TPSA) is 89.0 Å². The zero-order chi connectivity index (χ0) is 18.8. The summed E-state index contributed by atoms with van der Waals surface area (Å²) in [7, 11) is 3.15. The molecule has 2 amide bonds. The van der Waals surface area contributed by atoms with Gasteiger partial charge in [0, 0.05) is 18.5 Å². The number of benzene rings is 2. The largest absolute Gasteiger partial charge is 0.497 e. The second-order valence-electron chi connectivity index (χ2n) is 5.35. The van der Waals surface area contributed by atoms with Gasteiger partial charge in [0.1, 0.15) is 11.5 Å². The molecule has 0 radical (unpaired) electrons. The van der Waals surface area contributed by atoms with Crippen molar-refractivity contribution in [3.05, 3.63) is 54.1 Å². The fraction of sp³-hybridized carbons (Fsp3) is 0.211. The lowest BCUT2D eigenvalue weighted by molar-refractivity contribution is -0.124. The van der Waals surface area contributed by atoms with Gasteiger partial charge in [0.25, 0.3) is 0 Å². The van der Waals surface area contributed by atoms with Crippen molar-refractivity contribution in [3.63, 3.8) is 0 Å². The molecule has 2 aromatic carbocycles. The first-order valence-corrected chi connectivity index (χ1v) is 8.00. The van der Waals surface area contributed by atoms with Crippen molar-refractivity contribution in [2.24, 2.45) is 5.10 Å². The van der Waals surface area contributed by atoms with E-state index in [1.807, 2.05) is 18.2 Å². The molecule has 0 fully saturated rings. The van der Waals surface area contributed by atoms with E-state index in [4.69, 9.17) is 9.47 Å². The highest BCUT2D eigenvalue weighted by Gasteiger charge is 2.07. The monoisotopic (exact) mass is 355 g/mol. The smallest absolute Gasteiger partial charge is 0.240 e. The quantitative estimate of drug-likeness (QED) is 0.563. The average molecular weight is 355 g/mol. The lowest BCUT2D eigenvalue weighted by atomic mass is 10.2. The van der Waals surface area contributed by atoms with E-state index in [0.717, 1.165) is 5.56 Å². The van der Waals surface area contributed by atoms with Gasteiger partial charge in [-0.15, -0.1) is 0 Å². The molecule has 0 saturated carbocycles. The SMILES string of the molecule is COc1ccc(NC(=O)CCC(=O)N/N=C/c2cccc(OC)c2)cc1. The van der Waals surface area contributed by atoms with Crippen LogP contribution in [0.1, 0.15) is 18.4 Å². The molecule has 0 aromatic heterocycles. The standard InChI is InChI=1S/C19H21N3O4/c1-25-16-8-6-15(7-9-16)21-18(23)10-11-19(24)22-20-13-14-4-3-5-17(12-14)26-2/h3-9,12-13H,10-11H2,1-2H3,(H,21,23)(H,22,24)/b20-13+. The summed E-state index contributed by atoms with van der Waals surface area (Å²) in [6.07, 6.45) is 1.61. The number of amides is 2. The van der Waals surface area contributed by atoms with Gasteiger partial charge in [-0.25, -0.2) is 5.43 Å². The van der Waals surface area contributed by atoms with Gasteiger partial charge in [-0.2, -0.15) is 5.10 Å². The Balaban J connectivity index is 1.73. The minimum absolute atomic E-state index is 0.0391. The van der Waals surface area contributed by atoms with Crippen LogP contribution < -0.4 is 20.2 Å². The van der Waals surface area contributed by atoms with Crippen LogP contribution in [0.2, 0.25) is 0 Å². The lowest BCUT2D eigenvalue weighted by Crippen LogP contribution is -2.20. The van der Waals surface area contributed by atoms with Crippen LogP contribution in [0.5, 0.6) is 11.5 Å². The van der Waals surface area contributed by atoms with Gasteiger partial charge in [0.05, 0.1) is 20.4 Å². The molecule has 26 heavy (non-hydrogen) atoms. The second-order valence-corrected chi connectivity index (χ2v) is 5.35. The third-order valence-corrected chi connectivity index (χ3v) is 3.45. The van der Waals surface area contributed by atoms with E-state index in [-0.39, 0.29) is 24.7 Å². The van der Waals surface area contributed by atoms with Crippen LogP contribution in [0, 0.1) is 0 Å². The van der Waals surface area contributed by atoms with E-state index in [1.165, 1.54) is 6.21 Å². The van der Waals surface area contributed by atoms with Gasteiger partial charge >= 0.3 is 0 Å². The van der Waals surface area contributed by atoms with Gasteiger partial charge < -0.3 is 14.8 Å². The Morgan fingerprint density at radius 2 is 1.65 bits per heavy atom. The van der Waals surface area contributed by atoms with Gasteiger partial charge in [-0.3, -0.25) is 9.59 Å². The number of anilines is 1. The van der Waals surface area contributed by atoms with Crippen molar-refractivity contribution in [3.8, 4) is 11.5 Å². The second kappa shape index (κ2) is 9.83. The summed E-state index contributed by atoms with van der Waals surface area (Å²) in [5.74, 6) is 0.822. The van der Waals surface area contributed by atoms with E-state index < -0.39 is 0 Å². The van der Waals surface area contributed by atoms with Crippen molar-refractivity contribution in [2.45, 2.75) is 12.8 Å². The van der Waals surface area contributed by atoms with Crippen LogP contribution in [0.15, 0.2) is 53.6 Å². The number of hydrazone groups is 1. The number of methoxy groups -OCH3 is 2. The predicted octanol–water partition coefficient (Wildman–Crippen LogP) is 2.57. The van der Waals surface area contributed by atoms with Crippen molar-refractivity contribution >= 4 is 23.7 Å². The molecule has 0 atom stereocenters. The molecule has 0 heterocycles. The van der Waals surface area contributed by atoms with Crippen LogP contribution >= 0.6 is 0 Å². The summed E-state index contributed by atoms with van der Waals surface area (Å²) < 4.78 is 10.2. The number of hydrogen-bond donors (Lipinski definition) is 2. The number of ether oxygens (including phenoxy) is 2. The molecule has 0 unspecified atom stereocenters. The molecule has 7 heteroatoms. The maximum atomic E-state index is 11.9. The highest BCUT2D eigenvalue weighted by molar-refractivity contribution is 5.93. The summed E-state index contributed by atoms with van der Waals surface area (Å²) in [5, 5.41) is 6.59. The summed E-state index contributed by atoms with van der Waals surface area (Å²) in [6.45, 7) is 0. The minimum atomic E-state index is -0.339. The molecule has 2 rings (SSSR count). The molecule has 2 N–H and O–H groups in total. The zero-order valence-corrected chi connectivity index (χ0v) is 14.7. The minimum Gasteiger partial charge on any atom is -0.497 e. The predicted molar refractivity (Wildman–Crippen MR) is 99.6 cm³/mol. The fourth-order valence-electron chi connectivity index (χ4n) is 2.08. The third kappa shape index (κ3) is 6.27. The average Bonchev–Trinajstić information content (AvgIpc) is 2.67. The van der Waals surface area contributed by atoms with Crippen LogP contribution in [0.25, 0.3) is 0 Å². The Labute approximate surface area is 152 Å². The number of carbonyl (C=O) groups excluding carboxylic acids is 2. The Kier molecular flexibility index (Phi) is 7.17. The lowest BCUT2D eigenvalue weighted by Gasteiger charge is -2.06. The van der Waals surface area contributed by atoms with Crippen molar-refractivity contribution < 1.29 is 19.1 Å². The summed E-state index contributed by atoms with van der Waals surface area (Å²) in [6, 6.07) is 14.2. The molecular formula is C19H21N3O4. The molecule has 0 aliphatic carbocycles. The highest BCUT2D eigenvalue weighted by atomic mass is 16.5. The molecule has 0 spiro atoms. The maximum Gasteiger partial charge on any atom is 0.240 e. The van der Waals surface area contributed by atoms with Gasteiger partial charge in [-0.05, 0) is 42.0 Å². The molecular weight excluding hydrogens is 334 g/mol. The molecule has 0 aliphatic rings. The Morgan fingerprint density at radius 1 is 0.962 bits per heavy atom. The first-order chi connectivity index (χ1) is 12.6. The van der Waals surface area contributed by atoms with Crippen LogP contribution in [-0.4, -0.2) is 32.2 Å². The first kappa shape index (κ1) is 19.0. The Bertz CT molecular complexity index is 773. The molecule has 0 bridgehead atoms.